The number of benzene rings is 1. The zero-order valence-corrected chi connectivity index (χ0v) is 13.6. The van der Waals surface area contributed by atoms with E-state index in [1.165, 1.54) is 36.9 Å². The normalized spacial score (nSPS) is 24.6. The molecule has 0 spiro atoms. The molecule has 4 nitrogen and oxygen atoms in total. The first kappa shape index (κ1) is 14.6. The van der Waals surface area contributed by atoms with E-state index in [2.05, 4.69) is 40.2 Å². The van der Waals surface area contributed by atoms with Crippen LogP contribution in [0.15, 0.2) is 35.3 Å². The topological polar surface area (TPSA) is 49.0 Å². The molecular weight excluding hydrogens is 286 g/mol. The van der Waals surface area contributed by atoms with Gasteiger partial charge in [-0.25, -0.2) is 5.10 Å². The van der Waals surface area contributed by atoms with Gasteiger partial charge in [0.2, 0.25) is 0 Å². The van der Waals surface area contributed by atoms with Gasteiger partial charge in [0.25, 0.3) is 5.56 Å². The van der Waals surface area contributed by atoms with Gasteiger partial charge in [-0.05, 0) is 62.3 Å². The molecule has 0 amide bonds. The lowest BCUT2D eigenvalue weighted by Gasteiger charge is -2.35. The second-order valence-electron chi connectivity index (χ2n) is 6.94. The highest BCUT2D eigenvalue weighted by atomic mass is 16.1. The molecule has 4 rings (SSSR count). The average Bonchev–Trinajstić information content (AvgIpc) is 3.00. The number of aromatic amines is 1. The van der Waals surface area contributed by atoms with Gasteiger partial charge in [0, 0.05) is 23.7 Å². The Labute approximate surface area is 136 Å². The molecule has 0 radical (unpaired) electrons. The molecule has 2 aliphatic rings. The zero-order chi connectivity index (χ0) is 15.8. The molecule has 1 aliphatic carbocycles. The Bertz CT molecular complexity index is 767. The molecule has 1 aliphatic heterocycles. The highest BCUT2D eigenvalue weighted by molar-refractivity contribution is 5.63. The Morgan fingerprint density at radius 2 is 2.09 bits per heavy atom. The summed E-state index contributed by atoms with van der Waals surface area (Å²) in [6.45, 7) is 3.63. The number of nitrogens with zero attached hydrogens (tertiary/aromatic N) is 2. The minimum atomic E-state index is -0.150. The first-order valence-corrected chi connectivity index (χ1v) is 8.63. The number of rotatable bonds is 2. The van der Waals surface area contributed by atoms with Gasteiger partial charge in [-0.3, -0.25) is 9.69 Å². The summed E-state index contributed by atoms with van der Waals surface area (Å²) in [7, 11) is 0. The Balaban J connectivity index is 1.58. The van der Waals surface area contributed by atoms with Crippen LogP contribution in [-0.2, 0) is 12.8 Å². The molecule has 1 unspecified atom stereocenters. The lowest BCUT2D eigenvalue weighted by Crippen LogP contribution is -2.41. The second kappa shape index (κ2) is 5.93. The number of hydrogen-bond acceptors (Lipinski definition) is 3. The van der Waals surface area contributed by atoms with Crippen molar-refractivity contribution in [2.24, 2.45) is 0 Å². The minimum absolute atomic E-state index is 0.150. The van der Waals surface area contributed by atoms with E-state index in [4.69, 9.17) is 0 Å². The zero-order valence-electron chi connectivity index (χ0n) is 13.6. The van der Waals surface area contributed by atoms with Gasteiger partial charge in [0.05, 0.1) is 6.20 Å². The molecule has 23 heavy (non-hydrogen) atoms. The van der Waals surface area contributed by atoms with Crippen LogP contribution >= 0.6 is 0 Å². The summed E-state index contributed by atoms with van der Waals surface area (Å²) >= 11 is 0. The monoisotopic (exact) mass is 309 g/mol. The summed E-state index contributed by atoms with van der Waals surface area (Å²) in [5, 5.41) is 6.33. The van der Waals surface area contributed by atoms with Crippen molar-refractivity contribution in [3.63, 3.8) is 0 Å². The molecule has 1 fully saturated rings. The molecule has 1 aromatic carbocycles. The van der Waals surface area contributed by atoms with E-state index in [9.17, 15) is 4.79 Å². The van der Waals surface area contributed by atoms with Gasteiger partial charge in [0.1, 0.15) is 0 Å². The molecule has 2 aromatic rings. The van der Waals surface area contributed by atoms with Gasteiger partial charge in [-0.15, -0.1) is 0 Å². The van der Waals surface area contributed by atoms with E-state index in [1.54, 1.807) is 12.3 Å². The first-order chi connectivity index (χ1) is 11.2. The maximum Gasteiger partial charge on any atom is 0.264 e. The van der Waals surface area contributed by atoms with Crippen LogP contribution in [0.25, 0.3) is 11.1 Å². The van der Waals surface area contributed by atoms with Gasteiger partial charge in [-0.1, -0.05) is 18.2 Å². The van der Waals surface area contributed by atoms with Crippen molar-refractivity contribution in [3.05, 3.63) is 51.9 Å². The fourth-order valence-electron chi connectivity index (χ4n) is 4.23. The van der Waals surface area contributed by atoms with E-state index in [0.29, 0.717) is 6.04 Å². The molecule has 0 bridgehead atoms. The van der Waals surface area contributed by atoms with Crippen molar-refractivity contribution in [2.45, 2.75) is 51.1 Å². The quantitative estimate of drug-likeness (QED) is 0.928. The van der Waals surface area contributed by atoms with Gasteiger partial charge in [0.15, 0.2) is 0 Å². The Kier molecular flexibility index (Phi) is 3.77. The lowest BCUT2D eigenvalue weighted by atomic mass is 9.85. The minimum Gasteiger partial charge on any atom is -0.297 e. The summed E-state index contributed by atoms with van der Waals surface area (Å²) in [6.07, 6.45) is 7.95. The molecule has 120 valence electrons. The second-order valence-corrected chi connectivity index (χ2v) is 6.94. The molecule has 2 atom stereocenters. The standard InChI is InChI=1S/C19H23N3O/c1-13-3-2-8-22(13)18-7-6-14-9-15(4-5-16(14)10-18)17-11-19(23)21-20-12-17/h4-5,9,11-13,18H,2-3,6-8,10H2,1H3,(H,21,23)/t13-,18?/m1/s1. The smallest absolute Gasteiger partial charge is 0.264 e. The predicted molar refractivity (Wildman–Crippen MR) is 91.5 cm³/mol. The van der Waals surface area contributed by atoms with E-state index < -0.39 is 0 Å². The van der Waals surface area contributed by atoms with Crippen molar-refractivity contribution in [1.29, 1.82) is 0 Å². The fourth-order valence-corrected chi connectivity index (χ4v) is 4.23. The molecule has 0 saturated carbocycles. The molecule has 2 heterocycles. The van der Waals surface area contributed by atoms with Gasteiger partial charge in [-0.2, -0.15) is 5.10 Å². The summed E-state index contributed by atoms with van der Waals surface area (Å²) in [5.41, 5.74) is 4.75. The van der Waals surface area contributed by atoms with E-state index in [0.717, 1.165) is 30.0 Å². The first-order valence-electron chi connectivity index (χ1n) is 8.63. The highest BCUT2D eigenvalue weighted by Gasteiger charge is 2.30. The number of aromatic nitrogens is 2. The van der Waals surface area contributed by atoms with Gasteiger partial charge < -0.3 is 0 Å². The van der Waals surface area contributed by atoms with Crippen LogP contribution in [-0.4, -0.2) is 33.7 Å². The molecule has 1 saturated heterocycles. The Morgan fingerprint density at radius 3 is 2.87 bits per heavy atom. The van der Waals surface area contributed by atoms with Crippen LogP contribution < -0.4 is 5.56 Å². The van der Waals surface area contributed by atoms with Crippen molar-refractivity contribution < 1.29 is 0 Å². The van der Waals surface area contributed by atoms with E-state index in [-0.39, 0.29) is 5.56 Å². The summed E-state index contributed by atoms with van der Waals surface area (Å²) in [6, 6.07) is 9.68. The van der Waals surface area contributed by atoms with Crippen molar-refractivity contribution >= 4 is 0 Å². The summed E-state index contributed by atoms with van der Waals surface area (Å²) in [4.78, 5) is 14.2. The van der Waals surface area contributed by atoms with Crippen LogP contribution in [0, 0.1) is 0 Å². The van der Waals surface area contributed by atoms with Crippen molar-refractivity contribution in [2.75, 3.05) is 6.54 Å². The lowest BCUT2D eigenvalue weighted by molar-refractivity contribution is 0.174. The summed E-state index contributed by atoms with van der Waals surface area (Å²) in [5.74, 6) is 0. The third kappa shape index (κ3) is 2.83. The van der Waals surface area contributed by atoms with Crippen molar-refractivity contribution in [3.8, 4) is 11.1 Å². The summed E-state index contributed by atoms with van der Waals surface area (Å²) < 4.78 is 0. The van der Waals surface area contributed by atoms with Crippen molar-refractivity contribution in [1.82, 2.24) is 15.1 Å². The van der Waals surface area contributed by atoms with E-state index >= 15 is 0 Å². The van der Waals surface area contributed by atoms with Crippen LogP contribution in [0.3, 0.4) is 0 Å². The molecule has 1 aromatic heterocycles. The number of H-pyrrole nitrogens is 1. The largest absolute Gasteiger partial charge is 0.297 e. The highest BCUT2D eigenvalue weighted by Crippen LogP contribution is 2.31. The molecule has 4 heteroatoms. The third-order valence-electron chi connectivity index (χ3n) is 5.48. The number of likely N-dealkylation sites (tertiary alicyclic amines) is 1. The van der Waals surface area contributed by atoms with Crippen LogP contribution in [0.1, 0.15) is 37.3 Å². The predicted octanol–water partition coefficient (Wildman–Crippen LogP) is 2.78. The number of hydrogen-bond donors (Lipinski definition) is 1. The van der Waals surface area contributed by atoms with Crippen LogP contribution in [0.2, 0.25) is 0 Å². The SMILES string of the molecule is C[C@@H]1CCCN1C1CCc2cc(-c3cn[nH]c(=O)c3)ccc2C1. The fraction of sp³-hybridized carbons (Fsp3) is 0.474. The maximum atomic E-state index is 11.4. The Hall–Kier alpha value is -1.94. The molecule has 1 N–H and O–H groups in total. The van der Waals surface area contributed by atoms with Crippen LogP contribution in [0.5, 0.6) is 0 Å². The van der Waals surface area contributed by atoms with Gasteiger partial charge >= 0.3 is 0 Å². The van der Waals surface area contributed by atoms with E-state index in [1.807, 2.05) is 0 Å². The number of nitrogens with one attached hydrogen (secondary N) is 1. The number of aryl methyl sites for hydroxylation is 1. The average molecular weight is 309 g/mol. The molecular formula is C19H23N3O. The number of fused-ring (bicyclic) bond motifs is 1. The maximum absolute atomic E-state index is 11.4. The third-order valence-corrected chi connectivity index (χ3v) is 5.48. The van der Waals surface area contributed by atoms with Crippen LogP contribution in [0.4, 0.5) is 0 Å². The Morgan fingerprint density at radius 1 is 1.17 bits per heavy atom.